The molecule has 1 aromatic carbocycles. The van der Waals surface area contributed by atoms with E-state index in [2.05, 4.69) is 5.32 Å². The highest BCUT2D eigenvalue weighted by atomic mass is 127. The lowest BCUT2D eigenvalue weighted by Crippen LogP contribution is -2.27. The Hall–Kier alpha value is -1.31. The molecule has 0 fully saturated rings. The molecule has 0 spiro atoms. The fourth-order valence-corrected chi connectivity index (χ4v) is 1.99. The van der Waals surface area contributed by atoms with Gasteiger partial charge in [0.2, 0.25) is 0 Å². The highest BCUT2D eigenvalue weighted by Crippen LogP contribution is 2.22. The van der Waals surface area contributed by atoms with Crippen molar-refractivity contribution in [2.24, 2.45) is 0 Å². The molecule has 98 valence electrons. The van der Waals surface area contributed by atoms with Crippen LogP contribution in [0.4, 0.5) is 10.5 Å². The number of carboxylic acids is 1. The number of anilines is 1. The summed E-state index contributed by atoms with van der Waals surface area (Å²) >= 11 is 1.90. The van der Waals surface area contributed by atoms with Crippen LogP contribution in [0.5, 0.6) is 0 Å². The molecule has 0 atom stereocenters. The molecule has 1 rings (SSSR count). The van der Waals surface area contributed by atoms with Gasteiger partial charge >= 0.3 is 12.1 Å². The lowest BCUT2D eigenvalue weighted by Gasteiger charge is -2.20. The van der Waals surface area contributed by atoms with Crippen molar-refractivity contribution >= 4 is 40.3 Å². The van der Waals surface area contributed by atoms with Crippen molar-refractivity contribution in [1.29, 1.82) is 0 Å². The smallest absolute Gasteiger partial charge is 0.412 e. The zero-order chi connectivity index (χ0) is 13.9. The van der Waals surface area contributed by atoms with Crippen LogP contribution in [0.2, 0.25) is 0 Å². The van der Waals surface area contributed by atoms with E-state index in [4.69, 9.17) is 9.84 Å². The molecule has 1 aromatic rings. The highest BCUT2D eigenvalue weighted by molar-refractivity contribution is 14.1. The molecule has 6 heteroatoms. The number of hydrogen-bond donors (Lipinski definition) is 2. The zero-order valence-electron chi connectivity index (χ0n) is 10.3. The zero-order valence-corrected chi connectivity index (χ0v) is 12.4. The summed E-state index contributed by atoms with van der Waals surface area (Å²) in [6.45, 7) is 5.21. The molecule has 0 unspecified atom stereocenters. The van der Waals surface area contributed by atoms with Gasteiger partial charge in [-0.25, -0.2) is 9.59 Å². The van der Waals surface area contributed by atoms with E-state index in [1.807, 2.05) is 22.6 Å². The molecule has 0 heterocycles. The van der Waals surface area contributed by atoms with Crippen LogP contribution in [0.1, 0.15) is 31.1 Å². The lowest BCUT2D eigenvalue weighted by molar-refractivity contribution is 0.0636. The number of rotatable bonds is 2. The predicted octanol–water partition coefficient (Wildman–Crippen LogP) is 3.34. The number of carboxylic acid groups (broad SMARTS) is 1. The third-order valence-corrected chi connectivity index (χ3v) is 2.76. The molecule has 0 aliphatic heterocycles. The van der Waals surface area contributed by atoms with Gasteiger partial charge in [0.25, 0.3) is 0 Å². The summed E-state index contributed by atoms with van der Waals surface area (Å²) in [5, 5.41) is 11.5. The second-order valence-electron chi connectivity index (χ2n) is 4.59. The molecule has 0 saturated carbocycles. The number of nitrogens with one attached hydrogen (secondary N) is 1. The first-order valence-electron chi connectivity index (χ1n) is 5.22. The molecule has 0 saturated heterocycles. The van der Waals surface area contributed by atoms with Crippen LogP contribution in [-0.2, 0) is 4.74 Å². The molecule has 0 aromatic heterocycles. The Morgan fingerprint density at radius 3 is 2.44 bits per heavy atom. The predicted molar refractivity (Wildman–Crippen MR) is 76.0 cm³/mol. The van der Waals surface area contributed by atoms with Crippen LogP contribution in [-0.4, -0.2) is 22.8 Å². The van der Waals surface area contributed by atoms with Gasteiger partial charge in [0.1, 0.15) is 5.60 Å². The number of aromatic carboxylic acids is 1. The average Bonchev–Trinajstić information content (AvgIpc) is 2.13. The highest BCUT2D eigenvalue weighted by Gasteiger charge is 2.19. The number of amides is 1. The van der Waals surface area contributed by atoms with Gasteiger partial charge in [0, 0.05) is 3.57 Å². The Balaban J connectivity index is 2.95. The van der Waals surface area contributed by atoms with Crippen molar-refractivity contribution in [1.82, 2.24) is 0 Å². The van der Waals surface area contributed by atoms with E-state index in [1.54, 1.807) is 32.9 Å². The third kappa shape index (κ3) is 4.17. The first kappa shape index (κ1) is 14.7. The topological polar surface area (TPSA) is 75.6 Å². The van der Waals surface area contributed by atoms with Crippen molar-refractivity contribution < 1.29 is 19.4 Å². The Bertz CT molecular complexity index is 479. The first-order valence-corrected chi connectivity index (χ1v) is 6.30. The van der Waals surface area contributed by atoms with Crippen molar-refractivity contribution in [3.05, 3.63) is 27.3 Å². The Morgan fingerprint density at radius 1 is 1.33 bits per heavy atom. The fraction of sp³-hybridized carbons (Fsp3) is 0.333. The number of halogens is 1. The van der Waals surface area contributed by atoms with E-state index < -0.39 is 17.7 Å². The second-order valence-corrected chi connectivity index (χ2v) is 5.76. The minimum Gasteiger partial charge on any atom is -0.478 e. The molecule has 2 N–H and O–H groups in total. The summed E-state index contributed by atoms with van der Waals surface area (Å²) in [5.41, 5.74) is -0.345. The summed E-state index contributed by atoms with van der Waals surface area (Å²) in [4.78, 5) is 22.7. The number of benzene rings is 1. The number of carbonyl (C=O) groups excluding carboxylic acids is 1. The van der Waals surface area contributed by atoms with Crippen molar-refractivity contribution in [3.63, 3.8) is 0 Å². The SMILES string of the molecule is CC(C)(C)OC(=O)Nc1cccc(I)c1C(=O)O. The second kappa shape index (κ2) is 5.55. The molecule has 18 heavy (non-hydrogen) atoms. The molecular formula is C12H14INO4. The van der Waals surface area contributed by atoms with Crippen molar-refractivity contribution in [2.75, 3.05) is 5.32 Å². The van der Waals surface area contributed by atoms with E-state index in [9.17, 15) is 9.59 Å². The maximum absolute atomic E-state index is 11.6. The lowest BCUT2D eigenvalue weighted by atomic mass is 10.2. The van der Waals surface area contributed by atoms with Gasteiger partial charge in [0.05, 0.1) is 11.3 Å². The quantitative estimate of drug-likeness (QED) is 0.791. The van der Waals surface area contributed by atoms with Gasteiger partial charge in [0.15, 0.2) is 0 Å². The average molecular weight is 363 g/mol. The summed E-state index contributed by atoms with van der Waals surface area (Å²) in [5.74, 6) is -1.09. The van der Waals surface area contributed by atoms with E-state index in [-0.39, 0.29) is 11.3 Å². The first-order chi connectivity index (χ1) is 8.20. The normalized spacial score (nSPS) is 10.9. The van der Waals surface area contributed by atoms with Gasteiger partial charge < -0.3 is 9.84 Å². The maximum Gasteiger partial charge on any atom is 0.412 e. The molecule has 0 radical (unpaired) electrons. The van der Waals surface area contributed by atoms with Gasteiger partial charge in [-0.3, -0.25) is 5.32 Å². The number of carbonyl (C=O) groups is 2. The summed E-state index contributed by atoms with van der Waals surface area (Å²) in [7, 11) is 0. The summed E-state index contributed by atoms with van der Waals surface area (Å²) in [6.07, 6.45) is -0.674. The van der Waals surface area contributed by atoms with E-state index in [0.29, 0.717) is 3.57 Å². The molecular weight excluding hydrogens is 349 g/mol. The van der Waals surface area contributed by atoms with E-state index in [0.717, 1.165) is 0 Å². The maximum atomic E-state index is 11.6. The van der Waals surface area contributed by atoms with E-state index in [1.165, 1.54) is 6.07 Å². The van der Waals surface area contributed by atoms with Gasteiger partial charge in [-0.1, -0.05) is 6.07 Å². The van der Waals surface area contributed by atoms with Crippen LogP contribution in [0.3, 0.4) is 0 Å². The molecule has 0 bridgehead atoms. The molecule has 0 aliphatic carbocycles. The molecule has 0 aliphatic rings. The minimum atomic E-state index is -1.09. The Morgan fingerprint density at radius 2 is 1.94 bits per heavy atom. The van der Waals surface area contributed by atoms with Crippen molar-refractivity contribution in [2.45, 2.75) is 26.4 Å². The molecule has 1 amide bonds. The van der Waals surface area contributed by atoms with Gasteiger partial charge in [-0.05, 0) is 55.5 Å². The third-order valence-electron chi connectivity index (χ3n) is 1.86. The van der Waals surface area contributed by atoms with Crippen LogP contribution >= 0.6 is 22.6 Å². The number of hydrogen-bond acceptors (Lipinski definition) is 3. The minimum absolute atomic E-state index is 0.0592. The van der Waals surface area contributed by atoms with Gasteiger partial charge in [-0.2, -0.15) is 0 Å². The monoisotopic (exact) mass is 363 g/mol. The van der Waals surface area contributed by atoms with Gasteiger partial charge in [-0.15, -0.1) is 0 Å². The van der Waals surface area contributed by atoms with Crippen LogP contribution in [0.25, 0.3) is 0 Å². The van der Waals surface area contributed by atoms with E-state index >= 15 is 0 Å². The Kier molecular flexibility index (Phi) is 4.55. The molecule has 5 nitrogen and oxygen atoms in total. The van der Waals surface area contributed by atoms with Crippen molar-refractivity contribution in [3.8, 4) is 0 Å². The fourth-order valence-electron chi connectivity index (χ4n) is 1.26. The Labute approximate surface area is 119 Å². The summed E-state index contributed by atoms with van der Waals surface area (Å²) < 4.78 is 5.62. The van der Waals surface area contributed by atoms with Crippen LogP contribution < -0.4 is 5.32 Å². The van der Waals surface area contributed by atoms with Crippen LogP contribution in [0, 0.1) is 3.57 Å². The largest absolute Gasteiger partial charge is 0.478 e. The standard InChI is InChI=1S/C12H14INO4/c1-12(2,3)18-11(17)14-8-6-4-5-7(13)9(8)10(15)16/h4-6H,1-3H3,(H,14,17)(H,15,16). The number of ether oxygens (including phenoxy) is 1. The van der Waals surface area contributed by atoms with Crippen LogP contribution in [0.15, 0.2) is 18.2 Å². The summed E-state index contributed by atoms with van der Waals surface area (Å²) in [6, 6.07) is 4.85.